The third-order valence-electron chi connectivity index (χ3n) is 0.789. The van der Waals surface area contributed by atoms with Gasteiger partial charge < -0.3 is 11.2 Å². The van der Waals surface area contributed by atoms with Gasteiger partial charge in [0.2, 0.25) is 0 Å². The lowest BCUT2D eigenvalue weighted by Crippen LogP contribution is -1.91. The van der Waals surface area contributed by atoms with Crippen LogP contribution in [0.5, 0.6) is 0 Å². The number of hydrogen-bond donors (Lipinski definition) is 1. The molecule has 0 aromatic rings. The Bertz CT molecular complexity index is 58.1. The summed E-state index contributed by atoms with van der Waals surface area (Å²) in [5.74, 6) is 0. The van der Waals surface area contributed by atoms with Crippen molar-refractivity contribution < 1.29 is 5.48 Å². The molecule has 44 valence electrons. The van der Waals surface area contributed by atoms with Crippen molar-refractivity contribution in [2.45, 2.75) is 20.8 Å². The third-order valence-corrected chi connectivity index (χ3v) is 0.789. The Morgan fingerprint density at radius 2 is 1.29 bits per heavy atom. The first-order valence-electron chi connectivity index (χ1n) is 2.04. The van der Waals surface area contributed by atoms with Gasteiger partial charge in [0.25, 0.3) is 0 Å². The summed E-state index contributed by atoms with van der Waals surface area (Å²) in [5.41, 5.74) is 7.44. The lowest BCUT2D eigenvalue weighted by Gasteiger charge is -1.88. The van der Waals surface area contributed by atoms with Crippen LogP contribution in [0.2, 0.25) is 0 Å². The second kappa shape index (κ2) is 3.68. The minimum Gasteiger partial charge on any atom is -0.412 e. The number of allylic oxidation sites excluding steroid dienone is 2. The average molecular weight is 103 g/mol. The molecule has 0 aliphatic rings. The molecule has 2 heteroatoms. The van der Waals surface area contributed by atoms with Gasteiger partial charge in [0.05, 0.1) is 0 Å². The molecule has 0 aromatic carbocycles. The zero-order chi connectivity index (χ0) is 5.15. The highest BCUT2D eigenvalue weighted by Crippen LogP contribution is 1.90. The highest BCUT2D eigenvalue weighted by molar-refractivity contribution is 5.00. The second-order valence-corrected chi connectivity index (χ2v) is 1.68. The maximum Gasteiger partial charge on any atom is 0.00351 e. The van der Waals surface area contributed by atoms with Crippen LogP contribution in [0.25, 0.3) is 0 Å². The Kier molecular flexibility index (Phi) is 5.11. The molecule has 4 N–H and O–H groups in total. The van der Waals surface area contributed by atoms with E-state index in [1.165, 1.54) is 5.57 Å². The molecule has 0 aliphatic heterocycles. The van der Waals surface area contributed by atoms with Crippen molar-refractivity contribution in [1.82, 2.24) is 0 Å². The predicted molar refractivity (Wildman–Crippen MR) is 31.8 cm³/mol. The quantitative estimate of drug-likeness (QED) is 0.475. The van der Waals surface area contributed by atoms with Crippen LogP contribution < -0.4 is 5.73 Å². The van der Waals surface area contributed by atoms with Gasteiger partial charge in [-0.2, -0.15) is 0 Å². The summed E-state index contributed by atoms with van der Waals surface area (Å²) in [7, 11) is 0. The molecule has 0 rings (SSSR count). The Morgan fingerprint density at radius 1 is 1.14 bits per heavy atom. The molecule has 0 aromatic heterocycles. The van der Waals surface area contributed by atoms with Gasteiger partial charge in [-0.25, -0.2) is 0 Å². The summed E-state index contributed by atoms with van der Waals surface area (Å²) >= 11 is 0. The summed E-state index contributed by atoms with van der Waals surface area (Å²) < 4.78 is 0. The van der Waals surface area contributed by atoms with E-state index in [-0.39, 0.29) is 5.48 Å². The molecular formula is C5H13NO. The monoisotopic (exact) mass is 103 g/mol. The first-order chi connectivity index (χ1) is 2.64. The van der Waals surface area contributed by atoms with Gasteiger partial charge in [-0.3, -0.25) is 0 Å². The van der Waals surface area contributed by atoms with Crippen molar-refractivity contribution in [2.24, 2.45) is 5.73 Å². The highest BCUT2D eigenvalue weighted by atomic mass is 16.0. The van der Waals surface area contributed by atoms with Crippen LogP contribution in [0.4, 0.5) is 0 Å². The van der Waals surface area contributed by atoms with E-state index in [9.17, 15) is 0 Å². The molecular weight excluding hydrogens is 90.1 g/mol. The van der Waals surface area contributed by atoms with E-state index in [1.807, 2.05) is 20.8 Å². The van der Waals surface area contributed by atoms with E-state index >= 15 is 0 Å². The molecule has 0 spiro atoms. The number of hydrogen-bond acceptors (Lipinski definition) is 1. The Balaban J connectivity index is 0. The zero-order valence-corrected chi connectivity index (χ0v) is 5.08. The molecule has 7 heavy (non-hydrogen) atoms. The van der Waals surface area contributed by atoms with Crippen LogP contribution in [-0.4, -0.2) is 5.48 Å². The Hall–Kier alpha value is -0.500. The average Bonchev–Trinajstić information content (AvgIpc) is 1.36. The van der Waals surface area contributed by atoms with Crippen LogP contribution in [0.15, 0.2) is 11.3 Å². The Labute approximate surface area is 44.3 Å². The predicted octanol–water partition coefficient (Wildman–Crippen LogP) is 0.434. The van der Waals surface area contributed by atoms with Crippen molar-refractivity contribution in [3.63, 3.8) is 0 Å². The largest absolute Gasteiger partial charge is 0.412 e. The van der Waals surface area contributed by atoms with Gasteiger partial charge in [0.15, 0.2) is 0 Å². The van der Waals surface area contributed by atoms with Gasteiger partial charge >= 0.3 is 0 Å². The van der Waals surface area contributed by atoms with E-state index in [0.717, 1.165) is 5.70 Å². The van der Waals surface area contributed by atoms with Crippen LogP contribution >= 0.6 is 0 Å². The van der Waals surface area contributed by atoms with Crippen molar-refractivity contribution in [3.05, 3.63) is 11.3 Å². The molecule has 0 amide bonds. The van der Waals surface area contributed by atoms with Crippen molar-refractivity contribution in [2.75, 3.05) is 0 Å². The number of nitrogens with two attached hydrogens (primary N) is 1. The van der Waals surface area contributed by atoms with Crippen LogP contribution in [0.3, 0.4) is 0 Å². The van der Waals surface area contributed by atoms with Crippen molar-refractivity contribution >= 4 is 0 Å². The highest BCUT2D eigenvalue weighted by Gasteiger charge is 1.75. The SMILES string of the molecule is CC(C)=C(C)N.O. The van der Waals surface area contributed by atoms with Gasteiger partial charge in [-0.15, -0.1) is 0 Å². The fourth-order valence-corrected chi connectivity index (χ4v) is 0. The van der Waals surface area contributed by atoms with E-state index in [0.29, 0.717) is 0 Å². The lowest BCUT2D eigenvalue weighted by molar-refractivity contribution is 0.824. The molecule has 0 aliphatic carbocycles. The summed E-state index contributed by atoms with van der Waals surface area (Å²) in [4.78, 5) is 0. The molecule has 0 fully saturated rings. The standard InChI is InChI=1S/C5H11N.H2O/c1-4(2)5(3)6;/h6H2,1-3H3;1H2. The van der Waals surface area contributed by atoms with E-state index in [1.54, 1.807) is 0 Å². The fourth-order valence-electron chi connectivity index (χ4n) is 0. The van der Waals surface area contributed by atoms with Crippen molar-refractivity contribution in [1.29, 1.82) is 0 Å². The van der Waals surface area contributed by atoms with Crippen molar-refractivity contribution in [3.8, 4) is 0 Å². The van der Waals surface area contributed by atoms with Crippen LogP contribution in [-0.2, 0) is 0 Å². The maximum atomic E-state index is 5.31. The first-order valence-corrected chi connectivity index (χ1v) is 2.04. The van der Waals surface area contributed by atoms with Crippen LogP contribution in [0, 0.1) is 0 Å². The molecule has 0 saturated carbocycles. The molecule has 0 unspecified atom stereocenters. The minimum absolute atomic E-state index is 0. The fraction of sp³-hybridized carbons (Fsp3) is 0.600. The third kappa shape index (κ3) is 5.50. The van der Waals surface area contributed by atoms with Gasteiger partial charge in [-0.05, 0) is 20.8 Å². The molecule has 0 bridgehead atoms. The van der Waals surface area contributed by atoms with Gasteiger partial charge in [0.1, 0.15) is 0 Å². The lowest BCUT2D eigenvalue weighted by atomic mass is 10.3. The molecule has 0 radical (unpaired) electrons. The smallest absolute Gasteiger partial charge is 0.00351 e. The van der Waals surface area contributed by atoms with Gasteiger partial charge in [-0.1, -0.05) is 5.57 Å². The summed E-state index contributed by atoms with van der Waals surface area (Å²) in [6, 6.07) is 0. The summed E-state index contributed by atoms with van der Waals surface area (Å²) in [6.45, 7) is 5.89. The summed E-state index contributed by atoms with van der Waals surface area (Å²) in [5, 5.41) is 0. The maximum absolute atomic E-state index is 5.31. The van der Waals surface area contributed by atoms with Crippen LogP contribution in [0.1, 0.15) is 20.8 Å². The minimum atomic E-state index is 0. The van der Waals surface area contributed by atoms with Gasteiger partial charge in [0, 0.05) is 5.70 Å². The second-order valence-electron chi connectivity index (χ2n) is 1.68. The molecule has 0 heterocycles. The Morgan fingerprint density at radius 3 is 1.29 bits per heavy atom. The number of rotatable bonds is 0. The molecule has 0 atom stereocenters. The normalized spacial score (nSPS) is 6.71. The topological polar surface area (TPSA) is 57.5 Å². The molecule has 2 nitrogen and oxygen atoms in total. The zero-order valence-electron chi connectivity index (χ0n) is 5.08. The molecule has 0 saturated heterocycles. The van der Waals surface area contributed by atoms with E-state index in [4.69, 9.17) is 5.73 Å². The summed E-state index contributed by atoms with van der Waals surface area (Å²) in [6.07, 6.45) is 0. The van der Waals surface area contributed by atoms with E-state index < -0.39 is 0 Å². The van der Waals surface area contributed by atoms with E-state index in [2.05, 4.69) is 0 Å². The first kappa shape index (κ1) is 9.71.